The van der Waals surface area contributed by atoms with Crippen LogP contribution in [-0.2, 0) is 9.22 Å². The van der Waals surface area contributed by atoms with Gasteiger partial charge in [0.1, 0.15) is 17.3 Å². The van der Waals surface area contributed by atoms with Crippen LogP contribution in [0.25, 0.3) is 0 Å². The quantitative estimate of drug-likeness (QED) is 0.104. The summed E-state index contributed by atoms with van der Waals surface area (Å²) in [5.41, 5.74) is 3.04. The number of carbonyl (C=O) groups is 2. The van der Waals surface area contributed by atoms with Gasteiger partial charge in [-0.2, -0.15) is 0 Å². The molecular weight excluding hydrogens is 656 g/mol. The lowest BCUT2D eigenvalue weighted by atomic mass is 9.89. The van der Waals surface area contributed by atoms with Gasteiger partial charge in [-0.15, -0.1) is 0 Å². The van der Waals surface area contributed by atoms with Gasteiger partial charge in [-0.25, -0.2) is 9.78 Å². The molecule has 1 aliphatic heterocycles. The number of amides is 3. The highest BCUT2D eigenvalue weighted by Gasteiger charge is 2.37. The molecule has 2 heterocycles. The van der Waals surface area contributed by atoms with Crippen molar-refractivity contribution in [3.05, 3.63) is 78.0 Å². The van der Waals surface area contributed by atoms with Crippen LogP contribution in [0.3, 0.4) is 0 Å². The Hall–Kier alpha value is -3.90. The second kappa shape index (κ2) is 15.8. The molecule has 0 bridgehead atoms. The van der Waals surface area contributed by atoms with Crippen LogP contribution in [0, 0.1) is 0 Å². The van der Waals surface area contributed by atoms with Crippen molar-refractivity contribution in [2.75, 3.05) is 42.2 Å². The first-order valence-corrected chi connectivity index (χ1v) is 20.3. The smallest absolute Gasteiger partial charge is 0.319 e. The van der Waals surface area contributed by atoms with Gasteiger partial charge in [-0.1, -0.05) is 45.0 Å². The average Bonchev–Trinajstić information content (AvgIpc) is 3.87. The zero-order valence-electron chi connectivity index (χ0n) is 29.2. The summed E-state index contributed by atoms with van der Waals surface area (Å²) in [5.74, 6) is 1.68. The molecule has 12 heteroatoms. The van der Waals surface area contributed by atoms with E-state index in [1.807, 2.05) is 12.1 Å². The van der Waals surface area contributed by atoms with Gasteiger partial charge in [0.15, 0.2) is 8.32 Å². The summed E-state index contributed by atoms with van der Waals surface area (Å²) in [6.07, 6.45) is 6.98. The van der Waals surface area contributed by atoms with Crippen LogP contribution in [0.15, 0.2) is 67.4 Å². The fourth-order valence-electron chi connectivity index (χ4n) is 5.40. The highest BCUT2D eigenvalue weighted by molar-refractivity contribution is 6.74. The molecular formula is C37H49ClN6O4Si. The molecule has 1 aliphatic carbocycles. The van der Waals surface area contributed by atoms with E-state index >= 15 is 0 Å². The number of piperidine rings is 1. The number of hydrogen-bond acceptors (Lipinski definition) is 7. The molecule has 4 N–H and O–H groups in total. The van der Waals surface area contributed by atoms with Crippen molar-refractivity contribution in [3.8, 4) is 11.5 Å². The van der Waals surface area contributed by atoms with Gasteiger partial charge in [0, 0.05) is 37.5 Å². The summed E-state index contributed by atoms with van der Waals surface area (Å²) in [7, 11) is -1.75. The number of aromatic nitrogens is 1. The summed E-state index contributed by atoms with van der Waals surface area (Å²) in [4.78, 5) is 31.5. The number of urea groups is 1. The Bertz CT molecular complexity index is 1650. The van der Waals surface area contributed by atoms with Crippen LogP contribution in [0.1, 0.15) is 57.9 Å². The predicted octanol–water partition coefficient (Wildman–Crippen LogP) is 8.88. The molecule has 0 unspecified atom stereocenters. The number of nitrogens with one attached hydrogen (secondary N) is 4. The number of carbonyl (C=O) groups excluding carboxylic acids is 2. The first-order valence-electron chi connectivity index (χ1n) is 17.0. The molecule has 3 amide bonds. The molecule has 5 rings (SSSR count). The molecule has 0 radical (unpaired) electrons. The van der Waals surface area contributed by atoms with Crippen LogP contribution < -0.4 is 26.0 Å². The van der Waals surface area contributed by atoms with Crippen molar-refractivity contribution in [3.63, 3.8) is 0 Å². The normalized spacial score (nSPS) is 15.7. The van der Waals surface area contributed by atoms with Crippen molar-refractivity contribution < 1.29 is 18.8 Å². The summed E-state index contributed by atoms with van der Waals surface area (Å²) in [5, 5.41) is 12.5. The maximum absolute atomic E-state index is 12.4. The van der Waals surface area contributed by atoms with Crippen LogP contribution in [-0.4, -0.2) is 62.4 Å². The Labute approximate surface area is 296 Å². The van der Waals surface area contributed by atoms with Gasteiger partial charge in [0.25, 0.3) is 0 Å². The van der Waals surface area contributed by atoms with Crippen LogP contribution in [0.4, 0.5) is 27.7 Å². The summed E-state index contributed by atoms with van der Waals surface area (Å²) < 4.78 is 12.5. The molecule has 0 atom stereocenters. The zero-order valence-corrected chi connectivity index (χ0v) is 31.0. The van der Waals surface area contributed by atoms with Crippen LogP contribution >= 0.6 is 11.6 Å². The zero-order chi connectivity index (χ0) is 35.2. The van der Waals surface area contributed by atoms with Crippen LogP contribution in [0.2, 0.25) is 23.2 Å². The van der Waals surface area contributed by atoms with E-state index in [-0.39, 0.29) is 23.0 Å². The summed E-state index contributed by atoms with van der Waals surface area (Å²) >= 11 is 6.43. The number of ether oxygens (including phenoxy) is 1. The number of likely N-dealkylation sites (tertiary alicyclic amines) is 1. The number of anilines is 4. The number of halogens is 1. The molecule has 1 aromatic heterocycles. The minimum absolute atomic E-state index is 0.211. The average molecular weight is 705 g/mol. The van der Waals surface area contributed by atoms with Gasteiger partial charge in [-0.05, 0) is 105 Å². The summed E-state index contributed by atoms with van der Waals surface area (Å²) in [6, 6.07) is 14.7. The topological polar surface area (TPSA) is 117 Å². The number of rotatable bonds is 13. The second-order valence-electron chi connectivity index (χ2n) is 14.3. The van der Waals surface area contributed by atoms with Crippen molar-refractivity contribution in [1.82, 2.24) is 15.2 Å². The SMILES string of the molecule is C=CC(=O)Nc1cc(C2CCN(CCO[Si](C)(C)C(C)(C)C)CC2)ccc1Nc1cc(Oc2ccc(NC(=O)NC3CC3)c(Cl)c2)ccn1. The Morgan fingerprint density at radius 3 is 2.37 bits per heavy atom. The molecule has 2 aromatic carbocycles. The minimum atomic E-state index is -1.75. The van der Waals surface area contributed by atoms with E-state index in [1.165, 1.54) is 11.6 Å². The Balaban J connectivity index is 1.20. The Kier molecular flexibility index (Phi) is 11.7. The van der Waals surface area contributed by atoms with Crippen molar-refractivity contribution in [2.45, 2.75) is 76.5 Å². The van der Waals surface area contributed by atoms with E-state index < -0.39 is 8.32 Å². The van der Waals surface area contributed by atoms with Gasteiger partial charge in [-0.3, -0.25) is 4.79 Å². The Morgan fingerprint density at radius 1 is 0.980 bits per heavy atom. The minimum Gasteiger partial charge on any atom is -0.457 e. The Morgan fingerprint density at radius 2 is 1.69 bits per heavy atom. The first-order chi connectivity index (χ1) is 23.3. The van der Waals surface area contributed by atoms with Crippen molar-refractivity contribution >= 4 is 54.7 Å². The number of hydrogen-bond donors (Lipinski definition) is 4. The molecule has 3 aromatic rings. The van der Waals surface area contributed by atoms with Gasteiger partial charge in [0.05, 0.1) is 22.1 Å². The standard InChI is InChI=1S/C37H49ClN6O4Si/c1-7-35(45)42-33-22-26(25-15-18-44(19-16-25)20-21-47-49(5,6)37(2,3)4)8-12-32(33)41-34-24-29(14-17-39-34)48-28-11-13-31(30(38)23-28)43-36(46)40-27-9-10-27/h7-8,11-14,17,22-25,27H,1,9-10,15-16,18-21H2,2-6H3,(H,39,41)(H,42,45)(H2,40,43,46). The molecule has 0 spiro atoms. The number of nitrogens with zero attached hydrogens (tertiary/aromatic N) is 2. The number of benzene rings is 2. The third-order valence-corrected chi connectivity index (χ3v) is 14.4. The molecule has 10 nitrogen and oxygen atoms in total. The highest BCUT2D eigenvalue weighted by atomic mass is 35.5. The third-order valence-electron chi connectivity index (χ3n) is 9.55. The largest absolute Gasteiger partial charge is 0.457 e. The third kappa shape index (κ3) is 10.3. The molecule has 2 aliphatic rings. The highest BCUT2D eigenvalue weighted by Crippen LogP contribution is 2.37. The van der Waals surface area contributed by atoms with Gasteiger partial charge >= 0.3 is 6.03 Å². The number of pyridine rings is 1. The van der Waals surface area contributed by atoms with E-state index in [0.29, 0.717) is 45.3 Å². The molecule has 1 saturated heterocycles. The lowest BCUT2D eigenvalue weighted by molar-refractivity contribution is -0.111. The maximum Gasteiger partial charge on any atom is 0.319 e. The van der Waals surface area contributed by atoms with Crippen molar-refractivity contribution in [1.29, 1.82) is 0 Å². The lowest BCUT2D eigenvalue weighted by Gasteiger charge is -2.38. The van der Waals surface area contributed by atoms with E-state index in [0.717, 1.165) is 51.9 Å². The van der Waals surface area contributed by atoms with E-state index in [9.17, 15) is 9.59 Å². The molecule has 49 heavy (non-hydrogen) atoms. The molecule has 1 saturated carbocycles. The maximum atomic E-state index is 12.4. The predicted molar refractivity (Wildman–Crippen MR) is 201 cm³/mol. The summed E-state index contributed by atoms with van der Waals surface area (Å²) in [6.45, 7) is 18.8. The van der Waals surface area contributed by atoms with E-state index in [4.69, 9.17) is 20.8 Å². The van der Waals surface area contributed by atoms with Crippen molar-refractivity contribution in [2.24, 2.45) is 0 Å². The molecule has 2 fully saturated rings. The van der Waals surface area contributed by atoms with Gasteiger partial charge < -0.3 is 35.3 Å². The fraction of sp³-hybridized carbons (Fsp3) is 0.432. The first kappa shape index (κ1) is 36.4. The van der Waals surface area contributed by atoms with E-state index in [1.54, 1.807) is 36.5 Å². The van der Waals surface area contributed by atoms with Gasteiger partial charge in [0.2, 0.25) is 5.91 Å². The van der Waals surface area contributed by atoms with Crippen LogP contribution in [0.5, 0.6) is 11.5 Å². The van der Waals surface area contributed by atoms with E-state index in [2.05, 4.69) is 77.7 Å². The molecule has 262 valence electrons. The lowest BCUT2D eigenvalue weighted by Crippen LogP contribution is -2.43. The monoisotopic (exact) mass is 704 g/mol. The second-order valence-corrected chi connectivity index (χ2v) is 19.6. The fourth-order valence-corrected chi connectivity index (χ4v) is 6.65.